The van der Waals surface area contributed by atoms with Gasteiger partial charge < -0.3 is 15.2 Å². The molecule has 8 nitrogen and oxygen atoms in total. The summed E-state index contributed by atoms with van der Waals surface area (Å²) >= 11 is 0. The third kappa shape index (κ3) is 4.52. The van der Waals surface area contributed by atoms with Crippen molar-refractivity contribution in [2.75, 3.05) is 32.7 Å². The lowest BCUT2D eigenvalue weighted by Crippen LogP contribution is -2.52. The van der Waals surface area contributed by atoms with Crippen LogP contribution in [0.3, 0.4) is 0 Å². The van der Waals surface area contributed by atoms with Crippen molar-refractivity contribution in [3.8, 4) is 0 Å². The molecule has 1 aliphatic carbocycles. The van der Waals surface area contributed by atoms with E-state index in [1.54, 1.807) is 11.0 Å². The number of rotatable bonds is 5. The van der Waals surface area contributed by atoms with Gasteiger partial charge in [0.1, 0.15) is 12.0 Å². The summed E-state index contributed by atoms with van der Waals surface area (Å²) in [5.41, 5.74) is 6.16. The lowest BCUT2D eigenvalue weighted by atomic mass is 9.94. The standard InChI is InChI=1S/C15H24N4O4S.ClH/c16-10-12-2-1-3-14(12)15(20)18-5-7-19(8-6-18)24(21,22)11-13-4-9-23-17-13;/h4,9,12,14H,1-3,5-8,10-11,16H2;1H/t12-,14-;/m1./s1. The molecule has 2 aliphatic rings. The first kappa shape index (κ1) is 20.2. The predicted octanol–water partition coefficient (Wildman–Crippen LogP) is 0.445. The van der Waals surface area contributed by atoms with Crippen LogP contribution < -0.4 is 5.73 Å². The smallest absolute Gasteiger partial charge is 0.226 e. The molecule has 25 heavy (non-hydrogen) atoms. The fourth-order valence-electron chi connectivity index (χ4n) is 3.66. The summed E-state index contributed by atoms with van der Waals surface area (Å²) in [4.78, 5) is 14.5. The van der Waals surface area contributed by atoms with Crippen molar-refractivity contribution in [1.82, 2.24) is 14.4 Å². The van der Waals surface area contributed by atoms with Crippen LogP contribution in [0.5, 0.6) is 0 Å². The van der Waals surface area contributed by atoms with Crippen molar-refractivity contribution in [3.05, 3.63) is 18.0 Å². The van der Waals surface area contributed by atoms with E-state index in [1.165, 1.54) is 10.6 Å². The summed E-state index contributed by atoms with van der Waals surface area (Å²) < 4.78 is 30.9. The number of halogens is 1. The number of hydrogen-bond donors (Lipinski definition) is 1. The largest absolute Gasteiger partial charge is 0.364 e. The molecule has 2 atom stereocenters. The van der Waals surface area contributed by atoms with Gasteiger partial charge in [-0.3, -0.25) is 4.79 Å². The van der Waals surface area contributed by atoms with Gasteiger partial charge >= 0.3 is 0 Å². The van der Waals surface area contributed by atoms with Crippen LogP contribution in [-0.2, 0) is 20.6 Å². The molecule has 1 aliphatic heterocycles. The van der Waals surface area contributed by atoms with Gasteiger partial charge in [-0.25, -0.2) is 8.42 Å². The number of nitrogens with two attached hydrogens (primary N) is 1. The van der Waals surface area contributed by atoms with Gasteiger partial charge in [0.05, 0.1) is 5.69 Å². The average molecular weight is 393 g/mol. The number of carbonyl (C=O) groups excluding carboxylic acids is 1. The predicted molar refractivity (Wildman–Crippen MR) is 94.4 cm³/mol. The van der Waals surface area contributed by atoms with Gasteiger partial charge in [-0.1, -0.05) is 11.6 Å². The first-order valence-electron chi connectivity index (χ1n) is 8.37. The van der Waals surface area contributed by atoms with Crippen LogP contribution in [-0.4, -0.2) is 61.4 Å². The van der Waals surface area contributed by atoms with E-state index < -0.39 is 10.0 Å². The molecular weight excluding hydrogens is 368 g/mol. The number of amides is 1. The number of nitrogens with zero attached hydrogens (tertiary/aromatic N) is 3. The van der Waals surface area contributed by atoms with Gasteiger partial charge in [0.15, 0.2) is 0 Å². The number of carbonyl (C=O) groups is 1. The summed E-state index contributed by atoms with van der Waals surface area (Å²) in [7, 11) is -3.44. The summed E-state index contributed by atoms with van der Waals surface area (Å²) in [6, 6.07) is 1.55. The molecule has 142 valence electrons. The molecule has 1 saturated carbocycles. The fraction of sp³-hybridized carbons (Fsp3) is 0.733. The Kier molecular flexibility index (Phi) is 6.84. The molecule has 1 aromatic heterocycles. The van der Waals surface area contributed by atoms with E-state index in [1.807, 2.05) is 0 Å². The zero-order chi connectivity index (χ0) is 17.2. The minimum atomic E-state index is -3.44. The Labute approximate surface area is 154 Å². The number of aromatic nitrogens is 1. The van der Waals surface area contributed by atoms with Gasteiger partial charge in [0.2, 0.25) is 15.9 Å². The number of piperazine rings is 1. The molecule has 0 bridgehead atoms. The molecule has 3 rings (SSSR count). The second-order valence-corrected chi connectivity index (χ2v) is 8.47. The van der Waals surface area contributed by atoms with E-state index in [-0.39, 0.29) is 35.9 Å². The molecule has 2 fully saturated rings. The van der Waals surface area contributed by atoms with Crippen molar-refractivity contribution in [2.45, 2.75) is 25.0 Å². The normalized spacial score (nSPS) is 24.9. The highest BCUT2D eigenvalue weighted by atomic mass is 35.5. The lowest BCUT2D eigenvalue weighted by Gasteiger charge is -2.36. The summed E-state index contributed by atoms with van der Waals surface area (Å²) in [5.74, 6) is 0.242. The minimum Gasteiger partial charge on any atom is -0.364 e. The number of sulfonamides is 1. The van der Waals surface area contributed by atoms with Crippen LogP contribution in [0.1, 0.15) is 25.0 Å². The second-order valence-electron chi connectivity index (χ2n) is 6.50. The highest BCUT2D eigenvalue weighted by molar-refractivity contribution is 7.88. The van der Waals surface area contributed by atoms with E-state index in [4.69, 9.17) is 5.73 Å². The van der Waals surface area contributed by atoms with Crippen molar-refractivity contribution in [1.29, 1.82) is 0 Å². The Bertz CT molecular complexity index is 659. The molecule has 2 N–H and O–H groups in total. The molecule has 0 spiro atoms. The van der Waals surface area contributed by atoms with Gasteiger partial charge in [-0.05, 0) is 25.3 Å². The average Bonchev–Trinajstić information content (AvgIpc) is 3.25. The van der Waals surface area contributed by atoms with Crippen LogP contribution in [0.15, 0.2) is 16.9 Å². The quantitative estimate of drug-likeness (QED) is 0.778. The molecule has 1 amide bonds. The molecule has 0 aromatic carbocycles. The Morgan fingerprint density at radius 1 is 1.28 bits per heavy atom. The monoisotopic (exact) mass is 392 g/mol. The molecule has 0 unspecified atom stereocenters. The Morgan fingerprint density at radius 3 is 2.60 bits per heavy atom. The van der Waals surface area contributed by atoms with E-state index in [0.717, 1.165) is 19.3 Å². The summed E-state index contributed by atoms with van der Waals surface area (Å²) in [6.45, 7) is 2.07. The van der Waals surface area contributed by atoms with E-state index in [9.17, 15) is 13.2 Å². The maximum Gasteiger partial charge on any atom is 0.226 e. The summed E-state index contributed by atoms with van der Waals surface area (Å²) in [5, 5.41) is 3.65. The second kappa shape index (κ2) is 8.48. The Morgan fingerprint density at radius 2 is 2.00 bits per heavy atom. The van der Waals surface area contributed by atoms with Gasteiger partial charge in [-0.2, -0.15) is 4.31 Å². The number of hydrogen-bond acceptors (Lipinski definition) is 6. The van der Waals surface area contributed by atoms with Crippen molar-refractivity contribution in [3.63, 3.8) is 0 Å². The molecule has 0 radical (unpaired) electrons. The lowest BCUT2D eigenvalue weighted by molar-refractivity contribution is -0.137. The van der Waals surface area contributed by atoms with Gasteiger partial charge in [0, 0.05) is 38.2 Å². The molecular formula is C15H25ClN4O4S. The third-order valence-corrected chi connectivity index (χ3v) is 6.86. The zero-order valence-corrected chi connectivity index (χ0v) is 15.7. The highest BCUT2D eigenvalue weighted by Crippen LogP contribution is 2.32. The van der Waals surface area contributed by atoms with Gasteiger partial charge in [0.25, 0.3) is 0 Å². The molecule has 1 aromatic rings. The maximum absolute atomic E-state index is 12.7. The molecule has 1 saturated heterocycles. The van der Waals surface area contributed by atoms with Crippen molar-refractivity contribution < 1.29 is 17.7 Å². The first-order chi connectivity index (χ1) is 11.5. The van der Waals surface area contributed by atoms with E-state index in [2.05, 4.69) is 9.68 Å². The highest BCUT2D eigenvalue weighted by Gasteiger charge is 2.37. The fourth-order valence-corrected chi connectivity index (χ4v) is 5.08. The van der Waals surface area contributed by atoms with E-state index >= 15 is 0 Å². The van der Waals surface area contributed by atoms with Crippen LogP contribution in [0, 0.1) is 11.8 Å². The first-order valence-corrected chi connectivity index (χ1v) is 9.98. The van der Waals surface area contributed by atoms with Gasteiger partial charge in [-0.15, -0.1) is 12.4 Å². The van der Waals surface area contributed by atoms with Crippen LogP contribution >= 0.6 is 12.4 Å². The molecule has 10 heteroatoms. The SMILES string of the molecule is Cl.NC[C@H]1CCC[C@H]1C(=O)N1CCN(S(=O)(=O)Cc2ccon2)CC1. The van der Waals surface area contributed by atoms with Crippen LogP contribution in [0.25, 0.3) is 0 Å². The zero-order valence-electron chi connectivity index (χ0n) is 14.0. The van der Waals surface area contributed by atoms with Crippen molar-refractivity contribution >= 4 is 28.3 Å². The van der Waals surface area contributed by atoms with E-state index in [0.29, 0.717) is 38.4 Å². The Balaban J connectivity index is 0.00000225. The third-order valence-electron chi connectivity index (χ3n) is 5.04. The molecule has 2 heterocycles. The Hall–Kier alpha value is -1.16. The minimum absolute atomic E-state index is 0. The maximum atomic E-state index is 12.7. The van der Waals surface area contributed by atoms with Crippen LogP contribution in [0.2, 0.25) is 0 Å². The topological polar surface area (TPSA) is 110 Å². The summed E-state index contributed by atoms with van der Waals surface area (Å²) in [6.07, 6.45) is 4.31. The van der Waals surface area contributed by atoms with Crippen molar-refractivity contribution in [2.24, 2.45) is 17.6 Å². The van der Waals surface area contributed by atoms with Crippen LogP contribution in [0.4, 0.5) is 0 Å².